The van der Waals surface area contributed by atoms with Crippen LogP contribution in [0.4, 0.5) is 0 Å². The first-order valence-electron chi connectivity index (χ1n) is 9.06. The maximum absolute atomic E-state index is 11.6. The Labute approximate surface area is 164 Å². The summed E-state index contributed by atoms with van der Waals surface area (Å²) in [5.41, 5.74) is 0.977. The first kappa shape index (κ1) is 21.8. The summed E-state index contributed by atoms with van der Waals surface area (Å²) in [6, 6.07) is 9.56. The molecule has 2 rings (SSSR count). The minimum absolute atomic E-state index is 0.0989. The smallest absolute Gasteiger partial charge is 0.303 e. The van der Waals surface area contributed by atoms with Crippen molar-refractivity contribution in [2.45, 2.75) is 64.8 Å². The largest absolute Gasteiger partial charge is 0.456 e. The first-order chi connectivity index (χ1) is 13.3. The molecule has 0 aromatic heterocycles. The zero-order chi connectivity index (χ0) is 20.7. The lowest BCUT2D eigenvalue weighted by molar-refractivity contribution is -0.250. The van der Waals surface area contributed by atoms with Crippen molar-refractivity contribution in [2.24, 2.45) is 0 Å². The van der Waals surface area contributed by atoms with Crippen molar-refractivity contribution in [3.63, 3.8) is 0 Å². The Hall–Kier alpha value is -2.45. The molecule has 0 radical (unpaired) electrons. The van der Waals surface area contributed by atoms with Crippen LogP contribution in [-0.2, 0) is 44.7 Å². The minimum Gasteiger partial charge on any atom is -0.456 e. The van der Waals surface area contributed by atoms with E-state index >= 15 is 0 Å². The van der Waals surface area contributed by atoms with Gasteiger partial charge in [0, 0.05) is 20.8 Å². The molecule has 1 aliphatic rings. The lowest BCUT2D eigenvalue weighted by Crippen LogP contribution is -2.61. The Morgan fingerprint density at radius 1 is 0.857 bits per heavy atom. The Balaban J connectivity index is 2.16. The summed E-state index contributed by atoms with van der Waals surface area (Å²) in [5, 5.41) is 0. The number of carbonyl (C=O) groups excluding carboxylic acids is 3. The molecule has 0 N–H and O–H groups in total. The Morgan fingerprint density at radius 3 is 1.96 bits per heavy atom. The van der Waals surface area contributed by atoms with Gasteiger partial charge >= 0.3 is 17.9 Å². The molecule has 8 heteroatoms. The second kappa shape index (κ2) is 10.2. The van der Waals surface area contributed by atoms with Crippen LogP contribution in [0.15, 0.2) is 30.3 Å². The Morgan fingerprint density at radius 2 is 1.39 bits per heavy atom. The topological polar surface area (TPSA) is 97.4 Å². The monoisotopic (exact) mass is 394 g/mol. The molecule has 154 valence electrons. The molecule has 8 nitrogen and oxygen atoms in total. The molecule has 5 atom stereocenters. The van der Waals surface area contributed by atoms with Gasteiger partial charge in [-0.2, -0.15) is 0 Å². The minimum atomic E-state index is -1.00. The molecule has 1 fully saturated rings. The predicted octanol–water partition coefficient (Wildman–Crippen LogP) is 1.79. The van der Waals surface area contributed by atoms with Crippen LogP contribution in [0.2, 0.25) is 0 Å². The molecule has 1 heterocycles. The van der Waals surface area contributed by atoms with E-state index < -0.39 is 48.4 Å². The fraction of sp³-hybridized carbons (Fsp3) is 0.550. The number of ether oxygens (including phenoxy) is 5. The summed E-state index contributed by atoms with van der Waals surface area (Å²) in [5.74, 6) is -1.72. The van der Waals surface area contributed by atoms with Gasteiger partial charge in [0.1, 0.15) is 6.10 Å². The van der Waals surface area contributed by atoms with Crippen LogP contribution in [0, 0.1) is 0 Å². The quantitative estimate of drug-likeness (QED) is 0.510. The highest BCUT2D eigenvalue weighted by Crippen LogP contribution is 2.29. The summed E-state index contributed by atoms with van der Waals surface area (Å²) in [4.78, 5) is 34.7. The van der Waals surface area contributed by atoms with Crippen LogP contribution < -0.4 is 0 Å². The Kier molecular flexibility index (Phi) is 7.95. The van der Waals surface area contributed by atoms with Gasteiger partial charge in [0.2, 0.25) is 0 Å². The van der Waals surface area contributed by atoms with Gasteiger partial charge in [-0.05, 0) is 12.5 Å². The van der Waals surface area contributed by atoms with E-state index in [2.05, 4.69) is 0 Å². The van der Waals surface area contributed by atoms with Crippen LogP contribution in [0.3, 0.4) is 0 Å². The standard InChI is InChI=1S/C20H26O8/c1-12-18(26-13(2)21)20(28-15(4)23)19(27-14(3)22)17(25-12)11-24-10-16-8-6-5-7-9-16/h5-9,12,17-20H,10-11H2,1-4H3/t12?,17-,18+,19+,20-/m0/s1. The molecular weight excluding hydrogens is 368 g/mol. The van der Waals surface area contributed by atoms with E-state index in [0.717, 1.165) is 5.56 Å². The normalized spacial score (nSPS) is 26.9. The number of hydrogen-bond acceptors (Lipinski definition) is 8. The molecule has 0 amide bonds. The molecule has 0 saturated carbocycles. The summed E-state index contributed by atoms with van der Waals surface area (Å²) >= 11 is 0. The van der Waals surface area contributed by atoms with Crippen LogP contribution in [-0.4, -0.2) is 55.0 Å². The lowest BCUT2D eigenvalue weighted by Gasteiger charge is -2.43. The van der Waals surface area contributed by atoms with Gasteiger partial charge < -0.3 is 23.7 Å². The molecule has 0 aliphatic carbocycles. The fourth-order valence-corrected chi connectivity index (χ4v) is 3.11. The number of carbonyl (C=O) groups is 3. The van der Waals surface area contributed by atoms with E-state index in [1.54, 1.807) is 6.92 Å². The second-order valence-electron chi connectivity index (χ2n) is 6.60. The first-order valence-corrected chi connectivity index (χ1v) is 9.06. The van der Waals surface area contributed by atoms with E-state index in [4.69, 9.17) is 23.7 Å². The molecule has 1 aromatic rings. The van der Waals surface area contributed by atoms with Crippen molar-refractivity contribution in [3.8, 4) is 0 Å². The summed E-state index contributed by atoms with van der Waals surface area (Å²) in [7, 11) is 0. The van der Waals surface area contributed by atoms with Gasteiger partial charge in [-0.25, -0.2) is 0 Å². The van der Waals surface area contributed by atoms with E-state index in [1.807, 2.05) is 30.3 Å². The molecule has 1 aliphatic heterocycles. The zero-order valence-electron chi connectivity index (χ0n) is 16.5. The van der Waals surface area contributed by atoms with Crippen LogP contribution in [0.1, 0.15) is 33.3 Å². The highest BCUT2D eigenvalue weighted by Gasteiger charge is 2.50. The van der Waals surface area contributed by atoms with Crippen molar-refractivity contribution in [1.82, 2.24) is 0 Å². The van der Waals surface area contributed by atoms with E-state index in [9.17, 15) is 14.4 Å². The van der Waals surface area contributed by atoms with Gasteiger partial charge in [0.05, 0.1) is 19.3 Å². The van der Waals surface area contributed by atoms with Gasteiger partial charge in [-0.15, -0.1) is 0 Å². The van der Waals surface area contributed by atoms with Crippen LogP contribution in [0.25, 0.3) is 0 Å². The number of esters is 3. The van der Waals surface area contributed by atoms with Gasteiger partial charge in [-0.3, -0.25) is 14.4 Å². The second-order valence-corrected chi connectivity index (χ2v) is 6.60. The van der Waals surface area contributed by atoms with Crippen molar-refractivity contribution in [1.29, 1.82) is 0 Å². The summed E-state index contributed by atoms with van der Waals surface area (Å²) < 4.78 is 27.6. The highest BCUT2D eigenvalue weighted by molar-refractivity contribution is 5.68. The third-order valence-electron chi connectivity index (χ3n) is 4.17. The number of rotatable bonds is 7. The molecule has 1 saturated heterocycles. The molecule has 1 unspecified atom stereocenters. The molecule has 1 aromatic carbocycles. The SMILES string of the molecule is CC(=O)O[C@@H]1[C@H](OC(C)=O)[C@H](COCc2ccccc2)OC(C)[C@H]1OC(C)=O. The molecule has 28 heavy (non-hydrogen) atoms. The summed E-state index contributed by atoms with van der Waals surface area (Å²) in [6.07, 6.45) is -4.17. The third kappa shape index (κ3) is 6.31. The zero-order valence-corrected chi connectivity index (χ0v) is 16.5. The van der Waals surface area contributed by atoms with Gasteiger partial charge in [0.15, 0.2) is 18.3 Å². The van der Waals surface area contributed by atoms with Crippen LogP contribution in [0.5, 0.6) is 0 Å². The molecule has 0 spiro atoms. The van der Waals surface area contributed by atoms with E-state index in [-0.39, 0.29) is 6.61 Å². The van der Waals surface area contributed by atoms with Gasteiger partial charge in [-0.1, -0.05) is 30.3 Å². The molecule has 0 bridgehead atoms. The Bertz CT molecular complexity index is 674. The maximum atomic E-state index is 11.6. The van der Waals surface area contributed by atoms with Crippen LogP contribution >= 0.6 is 0 Å². The van der Waals surface area contributed by atoms with Crippen molar-refractivity contribution < 1.29 is 38.1 Å². The molecular formula is C20H26O8. The maximum Gasteiger partial charge on any atom is 0.303 e. The number of hydrogen-bond donors (Lipinski definition) is 0. The number of benzene rings is 1. The summed E-state index contributed by atoms with van der Waals surface area (Å²) in [6.45, 7) is 5.85. The third-order valence-corrected chi connectivity index (χ3v) is 4.17. The highest BCUT2D eigenvalue weighted by atomic mass is 16.7. The fourth-order valence-electron chi connectivity index (χ4n) is 3.11. The average molecular weight is 394 g/mol. The van der Waals surface area contributed by atoms with Gasteiger partial charge in [0.25, 0.3) is 0 Å². The van der Waals surface area contributed by atoms with Crippen molar-refractivity contribution in [2.75, 3.05) is 6.61 Å². The van der Waals surface area contributed by atoms with Crippen molar-refractivity contribution >= 4 is 17.9 Å². The van der Waals surface area contributed by atoms with Crippen molar-refractivity contribution in [3.05, 3.63) is 35.9 Å². The lowest BCUT2D eigenvalue weighted by atomic mass is 9.95. The average Bonchev–Trinajstić information content (AvgIpc) is 2.61. The van der Waals surface area contributed by atoms with E-state index in [1.165, 1.54) is 20.8 Å². The van der Waals surface area contributed by atoms with E-state index in [0.29, 0.717) is 6.61 Å². The predicted molar refractivity (Wildman–Crippen MR) is 97.1 cm³/mol.